The summed E-state index contributed by atoms with van der Waals surface area (Å²) in [5.41, 5.74) is 4.51. The monoisotopic (exact) mass is 420 g/mol. The predicted octanol–water partition coefficient (Wildman–Crippen LogP) is 6.30. The fraction of sp³-hybridized carbons (Fsp3) is 0.407. The Bertz CT molecular complexity index is 983. The van der Waals surface area contributed by atoms with Crippen LogP contribution in [-0.2, 0) is 20.3 Å². The van der Waals surface area contributed by atoms with Crippen molar-refractivity contribution in [3.63, 3.8) is 0 Å². The topological polar surface area (TPSA) is 52.6 Å². The van der Waals surface area contributed by atoms with Crippen molar-refractivity contribution in [2.75, 3.05) is 6.61 Å². The van der Waals surface area contributed by atoms with E-state index >= 15 is 0 Å². The van der Waals surface area contributed by atoms with Gasteiger partial charge in [-0.3, -0.25) is 0 Å². The van der Waals surface area contributed by atoms with Crippen molar-refractivity contribution in [1.29, 1.82) is 0 Å². The third-order valence-corrected chi connectivity index (χ3v) is 6.32. The van der Waals surface area contributed by atoms with Crippen molar-refractivity contribution in [3.05, 3.63) is 82.9 Å². The molecule has 0 bridgehead atoms. The maximum absolute atomic E-state index is 12.9. The Morgan fingerprint density at radius 1 is 0.935 bits per heavy atom. The Balaban J connectivity index is 1.74. The van der Waals surface area contributed by atoms with Gasteiger partial charge in [0.15, 0.2) is 0 Å². The number of fused-ring (bicyclic) bond motifs is 1. The van der Waals surface area contributed by atoms with Crippen LogP contribution < -0.4 is 0 Å². The lowest BCUT2D eigenvalue weighted by molar-refractivity contribution is 0.0336. The molecule has 0 heterocycles. The highest BCUT2D eigenvalue weighted by Gasteiger charge is 2.37. The van der Waals surface area contributed by atoms with E-state index in [1.807, 2.05) is 19.1 Å². The molecule has 3 rings (SSSR count). The van der Waals surface area contributed by atoms with E-state index in [2.05, 4.69) is 40.3 Å². The van der Waals surface area contributed by atoms with Crippen molar-refractivity contribution in [3.8, 4) is 0 Å². The number of hydrogen-bond acceptors (Lipinski definition) is 4. The molecule has 0 radical (unpaired) electrons. The van der Waals surface area contributed by atoms with Gasteiger partial charge in [0.05, 0.1) is 11.1 Å². The fourth-order valence-electron chi connectivity index (χ4n) is 4.12. The van der Waals surface area contributed by atoms with Crippen molar-refractivity contribution in [2.24, 2.45) is 0 Å². The summed E-state index contributed by atoms with van der Waals surface area (Å²) in [6.07, 6.45) is 3.30. The maximum Gasteiger partial charge on any atom is 0.338 e. The molecular weight excluding hydrogens is 388 g/mol. The molecule has 0 N–H and O–H groups in total. The molecule has 0 saturated carbocycles. The van der Waals surface area contributed by atoms with Gasteiger partial charge in [-0.15, -0.1) is 0 Å². The third kappa shape index (κ3) is 4.90. The lowest BCUT2D eigenvalue weighted by Gasteiger charge is -2.42. The zero-order valence-corrected chi connectivity index (χ0v) is 19.2. The zero-order valence-electron chi connectivity index (χ0n) is 19.2. The van der Waals surface area contributed by atoms with E-state index in [1.54, 1.807) is 24.3 Å². The van der Waals surface area contributed by atoms with E-state index in [9.17, 15) is 9.59 Å². The third-order valence-electron chi connectivity index (χ3n) is 6.32. The van der Waals surface area contributed by atoms with Crippen LogP contribution in [0.25, 0.3) is 0 Å². The standard InChI is InChI=1S/C27H32O4/c1-7-16-30-24(28)20-10-8-19(9-11-20)18(2)31-25(29)21-12-13-22-23(17-21)27(5,6)15-14-26(22,3)4/h7-13,17-18H,1,14-16H2,2-6H3. The van der Waals surface area contributed by atoms with Gasteiger partial charge >= 0.3 is 11.9 Å². The number of benzene rings is 2. The molecule has 0 spiro atoms. The number of rotatable bonds is 6. The smallest absolute Gasteiger partial charge is 0.338 e. The summed E-state index contributed by atoms with van der Waals surface area (Å²) in [5, 5.41) is 0. The van der Waals surface area contributed by atoms with Crippen LogP contribution in [-0.4, -0.2) is 18.5 Å². The Morgan fingerprint density at radius 3 is 2.13 bits per heavy atom. The summed E-state index contributed by atoms with van der Waals surface area (Å²) in [5.74, 6) is -0.750. The highest BCUT2D eigenvalue weighted by atomic mass is 16.5. The molecule has 2 aromatic carbocycles. The van der Waals surface area contributed by atoms with Gasteiger partial charge in [-0.2, -0.15) is 0 Å². The van der Waals surface area contributed by atoms with E-state index in [0.29, 0.717) is 11.1 Å². The second-order valence-electron chi connectivity index (χ2n) is 9.58. The Morgan fingerprint density at radius 2 is 1.52 bits per heavy atom. The molecular formula is C27H32O4. The average Bonchev–Trinajstić information content (AvgIpc) is 2.75. The van der Waals surface area contributed by atoms with Crippen LogP contribution in [0.1, 0.15) is 91.0 Å². The SMILES string of the molecule is C=CCOC(=O)c1ccc(C(C)OC(=O)c2ccc3c(c2)C(C)(C)CCC3(C)C)cc1. The van der Waals surface area contributed by atoms with Crippen LogP contribution >= 0.6 is 0 Å². The van der Waals surface area contributed by atoms with E-state index in [-0.39, 0.29) is 23.4 Å². The van der Waals surface area contributed by atoms with Crippen LogP contribution in [0, 0.1) is 0 Å². The van der Waals surface area contributed by atoms with Crippen LogP contribution in [0.15, 0.2) is 55.1 Å². The van der Waals surface area contributed by atoms with E-state index < -0.39 is 12.1 Å². The van der Waals surface area contributed by atoms with Gasteiger partial charge < -0.3 is 9.47 Å². The Hall–Kier alpha value is -2.88. The minimum atomic E-state index is -0.439. The molecule has 0 aliphatic heterocycles. The first-order chi connectivity index (χ1) is 14.5. The molecule has 31 heavy (non-hydrogen) atoms. The van der Waals surface area contributed by atoms with Crippen LogP contribution in [0.4, 0.5) is 0 Å². The highest BCUT2D eigenvalue weighted by molar-refractivity contribution is 5.90. The normalized spacial score (nSPS) is 17.2. The molecule has 4 heteroatoms. The van der Waals surface area contributed by atoms with Gasteiger partial charge in [-0.25, -0.2) is 9.59 Å². The molecule has 2 aromatic rings. The summed E-state index contributed by atoms with van der Waals surface area (Å²) in [6.45, 7) is 14.5. The van der Waals surface area contributed by atoms with Gasteiger partial charge in [-0.1, -0.05) is 58.5 Å². The van der Waals surface area contributed by atoms with Crippen LogP contribution in [0.3, 0.4) is 0 Å². The molecule has 1 unspecified atom stereocenters. The second-order valence-corrected chi connectivity index (χ2v) is 9.58. The van der Waals surface area contributed by atoms with Gasteiger partial charge in [0.25, 0.3) is 0 Å². The number of hydrogen-bond donors (Lipinski definition) is 0. The lowest BCUT2D eigenvalue weighted by Crippen LogP contribution is -2.34. The Labute approximate surface area is 185 Å². The summed E-state index contributed by atoms with van der Waals surface area (Å²) >= 11 is 0. The fourth-order valence-corrected chi connectivity index (χ4v) is 4.12. The van der Waals surface area contributed by atoms with Gasteiger partial charge in [-0.05, 0) is 71.6 Å². The molecule has 1 aliphatic carbocycles. The first-order valence-corrected chi connectivity index (χ1v) is 10.8. The summed E-state index contributed by atoms with van der Waals surface area (Å²) in [4.78, 5) is 24.8. The number of ether oxygens (including phenoxy) is 2. The summed E-state index contributed by atoms with van der Waals surface area (Å²) < 4.78 is 10.8. The molecule has 1 atom stereocenters. The van der Waals surface area contributed by atoms with E-state index in [1.165, 1.54) is 17.2 Å². The van der Waals surface area contributed by atoms with Gasteiger partial charge in [0, 0.05) is 0 Å². The van der Waals surface area contributed by atoms with E-state index in [0.717, 1.165) is 18.4 Å². The predicted molar refractivity (Wildman–Crippen MR) is 122 cm³/mol. The second kappa shape index (κ2) is 8.70. The van der Waals surface area contributed by atoms with Crippen molar-refractivity contribution in [1.82, 2.24) is 0 Å². The lowest BCUT2D eigenvalue weighted by atomic mass is 9.63. The summed E-state index contributed by atoms with van der Waals surface area (Å²) in [6, 6.07) is 12.9. The van der Waals surface area contributed by atoms with Gasteiger partial charge in [0.1, 0.15) is 12.7 Å². The molecule has 1 aliphatic rings. The Kier molecular flexibility index (Phi) is 6.40. The first kappa shape index (κ1) is 22.8. The molecule has 0 saturated heterocycles. The minimum Gasteiger partial charge on any atom is -0.458 e. The highest BCUT2D eigenvalue weighted by Crippen LogP contribution is 2.46. The maximum atomic E-state index is 12.9. The number of esters is 2. The zero-order chi connectivity index (χ0) is 22.8. The average molecular weight is 421 g/mol. The number of carbonyl (C=O) groups excluding carboxylic acids is 2. The van der Waals surface area contributed by atoms with Gasteiger partial charge in [0.2, 0.25) is 0 Å². The number of carbonyl (C=O) groups is 2. The van der Waals surface area contributed by atoms with Crippen LogP contribution in [0.2, 0.25) is 0 Å². The van der Waals surface area contributed by atoms with E-state index in [4.69, 9.17) is 9.47 Å². The summed E-state index contributed by atoms with van der Waals surface area (Å²) in [7, 11) is 0. The van der Waals surface area contributed by atoms with Crippen LogP contribution in [0.5, 0.6) is 0 Å². The minimum absolute atomic E-state index is 0.0306. The molecule has 0 aromatic heterocycles. The molecule has 4 nitrogen and oxygen atoms in total. The first-order valence-electron chi connectivity index (χ1n) is 10.8. The van der Waals surface area contributed by atoms with Crippen molar-refractivity contribution >= 4 is 11.9 Å². The van der Waals surface area contributed by atoms with Crippen molar-refractivity contribution in [2.45, 2.75) is 64.4 Å². The molecule has 0 amide bonds. The quantitative estimate of drug-likeness (QED) is 0.407. The largest absolute Gasteiger partial charge is 0.458 e. The molecule has 164 valence electrons. The molecule has 0 fully saturated rings. The van der Waals surface area contributed by atoms with Crippen molar-refractivity contribution < 1.29 is 19.1 Å².